The highest BCUT2D eigenvalue weighted by Gasteiger charge is 2.25. The van der Waals surface area contributed by atoms with E-state index in [4.69, 9.17) is 23.2 Å². The van der Waals surface area contributed by atoms with E-state index in [0.717, 1.165) is 0 Å². The molecule has 0 heterocycles. The molecule has 0 atom stereocenters. The van der Waals surface area contributed by atoms with E-state index < -0.39 is 4.92 Å². The van der Waals surface area contributed by atoms with Gasteiger partial charge < -0.3 is 5.11 Å². The highest BCUT2D eigenvalue weighted by atomic mass is 35.5. The SMILES string of the molecule is O=Cc1cc(Cl)c(Cl)cc1/C=C1\CCCC([N+](=O)[O-])=C1O. The van der Waals surface area contributed by atoms with E-state index in [2.05, 4.69) is 0 Å². The van der Waals surface area contributed by atoms with Crippen molar-refractivity contribution in [3.63, 3.8) is 0 Å². The quantitative estimate of drug-likeness (QED) is 0.506. The number of nitrogens with zero attached hydrogens (tertiary/aromatic N) is 1. The molecule has 1 aromatic carbocycles. The first-order chi connectivity index (χ1) is 9.93. The molecular weight excluding hydrogens is 317 g/mol. The van der Waals surface area contributed by atoms with E-state index in [1.165, 1.54) is 18.2 Å². The number of rotatable bonds is 3. The lowest BCUT2D eigenvalue weighted by molar-refractivity contribution is -0.431. The van der Waals surface area contributed by atoms with Crippen molar-refractivity contribution in [1.82, 2.24) is 0 Å². The summed E-state index contributed by atoms with van der Waals surface area (Å²) in [6, 6.07) is 2.91. The first-order valence-electron chi connectivity index (χ1n) is 6.15. The van der Waals surface area contributed by atoms with Crippen molar-refractivity contribution in [1.29, 1.82) is 0 Å². The van der Waals surface area contributed by atoms with Gasteiger partial charge in [-0.05, 0) is 36.6 Å². The van der Waals surface area contributed by atoms with Crippen LogP contribution in [0.4, 0.5) is 0 Å². The molecule has 0 aromatic heterocycles. The Kier molecular flexibility index (Phi) is 4.65. The van der Waals surface area contributed by atoms with Gasteiger partial charge in [0.05, 0.1) is 15.0 Å². The molecule has 1 N–H and O–H groups in total. The fraction of sp³-hybridized carbons (Fsp3) is 0.214. The fourth-order valence-electron chi connectivity index (χ4n) is 2.18. The van der Waals surface area contributed by atoms with E-state index in [1.54, 1.807) is 0 Å². The molecule has 0 unspecified atom stereocenters. The number of aldehydes is 1. The summed E-state index contributed by atoms with van der Waals surface area (Å²) in [6.45, 7) is 0. The van der Waals surface area contributed by atoms with Crippen molar-refractivity contribution in [2.24, 2.45) is 0 Å². The first kappa shape index (κ1) is 15.5. The normalized spacial score (nSPS) is 17.1. The average Bonchev–Trinajstić information content (AvgIpc) is 2.44. The molecule has 1 aliphatic rings. The average molecular weight is 328 g/mol. The minimum Gasteiger partial charge on any atom is -0.502 e. The maximum atomic E-state index is 11.1. The zero-order chi connectivity index (χ0) is 15.6. The molecule has 21 heavy (non-hydrogen) atoms. The van der Waals surface area contributed by atoms with Gasteiger partial charge in [0.25, 0.3) is 5.70 Å². The lowest BCUT2D eigenvalue weighted by Crippen LogP contribution is -2.10. The standard InChI is InChI=1S/C14H11Cl2NO4/c15-11-5-9(10(7-18)6-12(11)16)4-8-2-1-3-13(14(8)19)17(20)21/h4-7,19H,1-3H2/b8-4+. The van der Waals surface area contributed by atoms with Gasteiger partial charge in [-0.1, -0.05) is 23.2 Å². The van der Waals surface area contributed by atoms with Crippen molar-refractivity contribution in [2.75, 3.05) is 0 Å². The molecule has 0 fully saturated rings. The van der Waals surface area contributed by atoms with Crippen LogP contribution in [0.1, 0.15) is 35.2 Å². The number of carbonyl (C=O) groups is 1. The van der Waals surface area contributed by atoms with Crippen molar-refractivity contribution < 1.29 is 14.8 Å². The third kappa shape index (κ3) is 3.25. The summed E-state index contributed by atoms with van der Waals surface area (Å²) in [5, 5.41) is 21.3. The highest BCUT2D eigenvalue weighted by molar-refractivity contribution is 6.42. The summed E-state index contributed by atoms with van der Waals surface area (Å²) in [7, 11) is 0. The van der Waals surface area contributed by atoms with Crippen LogP contribution in [-0.2, 0) is 0 Å². The molecule has 0 saturated heterocycles. The van der Waals surface area contributed by atoms with Crippen LogP contribution in [0.15, 0.2) is 29.2 Å². The molecule has 0 amide bonds. The Morgan fingerprint density at radius 3 is 2.38 bits per heavy atom. The second-order valence-corrected chi connectivity index (χ2v) is 5.40. The Bertz CT molecular complexity index is 680. The van der Waals surface area contributed by atoms with Crippen LogP contribution in [-0.4, -0.2) is 16.3 Å². The van der Waals surface area contributed by atoms with Crippen molar-refractivity contribution in [3.05, 3.63) is 60.4 Å². The largest absolute Gasteiger partial charge is 0.502 e. The van der Waals surface area contributed by atoms with Crippen LogP contribution in [0.5, 0.6) is 0 Å². The molecule has 1 aliphatic carbocycles. The Hall–Kier alpha value is -1.85. The lowest BCUT2D eigenvalue weighted by Gasteiger charge is -2.14. The van der Waals surface area contributed by atoms with E-state index in [-0.39, 0.29) is 27.9 Å². The molecule has 110 valence electrons. The van der Waals surface area contributed by atoms with Crippen LogP contribution in [0.2, 0.25) is 10.0 Å². The summed E-state index contributed by atoms with van der Waals surface area (Å²) < 4.78 is 0. The second kappa shape index (κ2) is 6.28. The molecular formula is C14H11Cl2NO4. The van der Waals surface area contributed by atoms with Crippen molar-refractivity contribution >= 4 is 35.6 Å². The zero-order valence-corrected chi connectivity index (χ0v) is 12.3. The van der Waals surface area contributed by atoms with Crippen LogP contribution in [0.25, 0.3) is 6.08 Å². The van der Waals surface area contributed by atoms with Gasteiger partial charge >= 0.3 is 0 Å². The van der Waals surface area contributed by atoms with Crippen LogP contribution in [0.3, 0.4) is 0 Å². The number of hydrogen-bond donors (Lipinski definition) is 1. The van der Waals surface area contributed by atoms with Gasteiger partial charge in [-0.2, -0.15) is 0 Å². The predicted octanol–water partition coefficient (Wildman–Crippen LogP) is 4.42. The Labute approximate surface area is 130 Å². The van der Waals surface area contributed by atoms with Crippen molar-refractivity contribution in [2.45, 2.75) is 19.3 Å². The maximum Gasteiger partial charge on any atom is 0.287 e. The molecule has 1 aromatic rings. The van der Waals surface area contributed by atoms with Gasteiger partial charge in [0, 0.05) is 17.6 Å². The fourth-order valence-corrected chi connectivity index (χ4v) is 2.52. The van der Waals surface area contributed by atoms with Gasteiger partial charge in [-0.25, -0.2) is 0 Å². The van der Waals surface area contributed by atoms with Gasteiger partial charge in [-0.15, -0.1) is 0 Å². The number of benzene rings is 1. The number of aliphatic hydroxyl groups excluding tert-OH is 1. The molecule has 0 bridgehead atoms. The molecule has 5 nitrogen and oxygen atoms in total. The van der Waals surface area contributed by atoms with Gasteiger partial charge in [0.2, 0.25) is 0 Å². The minimum absolute atomic E-state index is 0.208. The van der Waals surface area contributed by atoms with E-state index >= 15 is 0 Å². The molecule has 0 saturated carbocycles. The summed E-state index contributed by atoms with van der Waals surface area (Å²) in [4.78, 5) is 21.3. The number of nitro groups is 1. The molecule has 7 heteroatoms. The third-order valence-electron chi connectivity index (χ3n) is 3.24. The smallest absolute Gasteiger partial charge is 0.287 e. The lowest BCUT2D eigenvalue weighted by atomic mass is 9.94. The van der Waals surface area contributed by atoms with E-state index in [9.17, 15) is 20.0 Å². The number of carbonyl (C=O) groups excluding carboxylic acids is 1. The van der Waals surface area contributed by atoms with E-state index in [1.807, 2.05) is 0 Å². The summed E-state index contributed by atoms with van der Waals surface area (Å²) in [5.41, 5.74) is 0.970. The minimum atomic E-state index is -0.586. The predicted molar refractivity (Wildman–Crippen MR) is 80.3 cm³/mol. The third-order valence-corrected chi connectivity index (χ3v) is 3.96. The Morgan fingerprint density at radius 2 is 1.81 bits per heavy atom. The molecule has 0 spiro atoms. The van der Waals surface area contributed by atoms with Gasteiger partial charge in [-0.3, -0.25) is 14.9 Å². The summed E-state index contributed by atoms with van der Waals surface area (Å²) in [5.74, 6) is -0.339. The van der Waals surface area contributed by atoms with Gasteiger partial charge in [0.15, 0.2) is 12.0 Å². The second-order valence-electron chi connectivity index (χ2n) is 4.59. The summed E-state index contributed by atoms with van der Waals surface area (Å²) in [6.07, 6.45) is 3.42. The number of aliphatic hydroxyl groups is 1. The zero-order valence-electron chi connectivity index (χ0n) is 10.8. The number of allylic oxidation sites excluding steroid dienone is 2. The monoisotopic (exact) mass is 327 g/mol. The van der Waals surface area contributed by atoms with Crippen LogP contribution >= 0.6 is 23.2 Å². The molecule has 0 radical (unpaired) electrons. The van der Waals surface area contributed by atoms with Crippen LogP contribution < -0.4 is 0 Å². The van der Waals surface area contributed by atoms with Crippen LogP contribution in [0, 0.1) is 10.1 Å². The Balaban J connectivity index is 2.53. The summed E-state index contributed by atoms with van der Waals surface area (Å²) >= 11 is 11.8. The maximum absolute atomic E-state index is 11.1. The van der Waals surface area contributed by atoms with E-state index in [0.29, 0.717) is 35.8 Å². The first-order valence-corrected chi connectivity index (χ1v) is 6.91. The van der Waals surface area contributed by atoms with Gasteiger partial charge in [0.1, 0.15) is 0 Å². The number of halogens is 2. The topological polar surface area (TPSA) is 80.4 Å². The molecule has 2 rings (SSSR count). The Morgan fingerprint density at radius 1 is 1.19 bits per heavy atom. The van der Waals surface area contributed by atoms with Crippen molar-refractivity contribution in [3.8, 4) is 0 Å². The number of hydrogen-bond acceptors (Lipinski definition) is 4. The highest BCUT2D eigenvalue weighted by Crippen LogP contribution is 2.32. The molecule has 0 aliphatic heterocycles.